The van der Waals surface area contributed by atoms with Crippen LogP contribution in [0.25, 0.3) is 0 Å². The number of hydrogen-bond donors (Lipinski definition) is 3. The molecule has 1 aromatic rings. The Labute approximate surface area is 132 Å². The smallest absolute Gasteiger partial charge is 0.407 e. The van der Waals surface area contributed by atoms with Gasteiger partial charge in [0.15, 0.2) is 11.6 Å². The highest BCUT2D eigenvalue weighted by molar-refractivity contribution is 5.67. The Morgan fingerprint density at radius 1 is 1.17 bits per heavy atom. The van der Waals surface area contributed by atoms with E-state index < -0.39 is 46.9 Å². The molecule has 0 aliphatic heterocycles. The number of ether oxygens (including phenoxy) is 1. The number of aliphatic hydroxyl groups is 2. The lowest BCUT2D eigenvalue weighted by Crippen LogP contribution is -2.34. The first-order chi connectivity index (χ1) is 10.5. The molecule has 0 heterocycles. The number of halogens is 3. The second-order valence-corrected chi connectivity index (χ2v) is 6.02. The van der Waals surface area contributed by atoms with Crippen molar-refractivity contribution < 1.29 is 32.9 Å². The molecule has 0 spiro atoms. The molecule has 0 saturated heterocycles. The molecule has 5 nitrogen and oxygen atoms in total. The van der Waals surface area contributed by atoms with Gasteiger partial charge >= 0.3 is 6.09 Å². The summed E-state index contributed by atoms with van der Waals surface area (Å²) in [6.45, 7) is 4.98. The Hall–Kier alpha value is -1.80. The van der Waals surface area contributed by atoms with Gasteiger partial charge in [0.2, 0.25) is 0 Å². The van der Waals surface area contributed by atoms with Gasteiger partial charge in [0.1, 0.15) is 17.5 Å². The molecule has 8 heteroatoms. The number of benzene rings is 1. The molecule has 3 N–H and O–H groups in total. The largest absolute Gasteiger partial charge is 0.444 e. The summed E-state index contributed by atoms with van der Waals surface area (Å²) in [6, 6.07) is 0.777. The predicted molar refractivity (Wildman–Crippen MR) is 76.1 cm³/mol. The average molecular weight is 335 g/mol. The number of carbonyl (C=O) groups is 1. The van der Waals surface area contributed by atoms with Crippen LogP contribution in [0.3, 0.4) is 0 Å². The van der Waals surface area contributed by atoms with Crippen molar-refractivity contribution in [3.63, 3.8) is 0 Å². The molecule has 0 aliphatic carbocycles. The maximum absolute atomic E-state index is 13.5. The minimum atomic E-state index is -1.76. The lowest BCUT2D eigenvalue weighted by molar-refractivity contribution is 0.0101. The van der Waals surface area contributed by atoms with Crippen molar-refractivity contribution >= 4 is 6.09 Å². The standard InChI is InChI=1S/C15H20F3NO4/c1-15(2,3)23-14(22)19-5-4-12(20)13(21)8-6-10(17)11(18)7-9(8)16/h6-7,12-13,20-21H,4-5H2,1-3H3,(H,19,22). The van der Waals surface area contributed by atoms with Crippen molar-refractivity contribution in [2.24, 2.45) is 0 Å². The summed E-state index contributed by atoms with van der Waals surface area (Å²) in [5.74, 6) is -3.89. The van der Waals surface area contributed by atoms with E-state index in [1.165, 1.54) is 0 Å². The zero-order valence-corrected chi connectivity index (χ0v) is 13.1. The molecule has 1 rings (SSSR count). The zero-order valence-electron chi connectivity index (χ0n) is 13.1. The third-order valence-electron chi connectivity index (χ3n) is 2.83. The number of amides is 1. The van der Waals surface area contributed by atoms with Crippen molar-refractivity contribution in [1.82, 2.24) is 5.32 Å². The highest BCUT2D eigenvalue weighted by atomic mass is 19.2. The van der Waals surface area contributed by atoms with E-state index in [0.29, 0.717) is 12.1 Å². The van der Waals surface area contributed by atoms with Crippen LogP contribution >= 0.6 is 0 Å². The number of carbonyl (C=O) groups excluding carboxylic acids is 1. The van der Waals surface area contributed by atoms with E-state index in [2.05, 4.69) is 5.32 Å². The molecule has 0 aromatic heterocycles. The second-order valence-electron chi connectivity index (χ2n) is 6.02. The minimum Gasteiger partial charge on any atom is -0.444 e. The summed E-state index contributed by atoms with van der Waals surface area (Å²) in [7, 11) is 0. The average Bonchev–Trinajstić information content (AvgIpc) is 2.40. The van der Waals surface area contributed by atoms with Crippen LogP contribution in [0.5, 0.6) is 0 Å². The van der Waals surface area contributed by atoms with E-state index in [-0.39, 0.29) is 13.0 Å². The molecule has 0 fully saturated rings. The number of rotatable bonds is 5. The van der Waals surface area contributed by atoms with Crippen LogP contribution in [-0.4, -0.2) is 34.6 Å². The number of nitrogens with one attached hydrogen (secondary N) is 1. The SMILES string of the molecule is CC(C)(C)OC(=O)NCCC(O)C(O)c1cc(F)c(F)cc1F. The zero-order chi connectivity index (χ0) is 17.8. The van der Waals surface area contributed by atoms with Gasteiger partial charge in [-0.3, -0.25) is 0 Å². The molecule has 0 aliphatic rings. The Kier molecular flexibility index (Phi) is 6.40. The summed E-state index contributed by atoms with van der Waals surface area (Å²) in [4.78, 5) is 11.4. The van der Waals surface area contributed by atoms with Crippen molar-refractivity contribution in [3.05, 3.63) is 35.1 Å². The fraction of sp³-hybridized carbons (Fsp3) is 0.533. The van der Waals surface area contributed by atoms with Crippen LogP contribution in [0.1, 0.15) is 38.9 Å². The van der Waals surface area contributed by atoms with Gasteiger partial charge in [0.05, 0.1) is 6.10 Å². The molecule has 1 aromatic carbocycles. The topological polar surface area (TPSA) is 78.8 Å². The van der Waals surface area contributed by atoms with Gasteiger partial charge in [-0.1, -0.05) is 0 Å². The van der Waals surface area contributed by atoms with Crippen LogP contribution in [0, 0.1) is 17.5 Å². The van der Waals surface area contributed by atoms with Crippen molar-refractivity contribution in [3.8, 4) is 0 Å². The first kappa shape index (κ1) is 19.2. The molecule has 0 bridgehead atoms. The summed E-state index contributed by atoms with van der Waals surface area (Å²) < 4.78 is 44.4. The maximum atomic E-state index is 13.5. The van der Waals surface area contributed by atoms with Crippen LogP contribution in [0.4, 0.5) is 18.0 Å². The van der Waals surface area contributed by atoms with E-state index in [4.69, 9.17) is 4.74 Å². The van der Waals surface area contributed by atoms with Gasteiger partial charge < -0.3 is 20.3 Å². The summed E-state index contributed by atoms with van der Waals surface area (Å²) in [5.41, 5.74) is -1.24. The minimum absolute atomic E-state index is 0.0571. The van der Waals surface area contributed by atoms with E-state index in [1.807, 2.05) is 0 Å². The Morgan fingerprint density at radius 3 is 2.30 bits per heavy atom. The van der Waals surface area contributed by atoms with Gasteiger partial charge in [0.25, 0.3) is 0 Å². The summed E-state index contributed by atoms with van der Waals surface area (Å²) in [5, 5.41) is 21.9. The molecular formula is C15H20F3NO4. The predicted octanol–water partition coefficient (Wildman–Crippen LogP) is 2.41. The fourth-order valence-electron chi connectivity index (χ4n) is 1.77. The first-order valence-corrected chi connectivity index (χ1v) is 6.98. The number of aliphatic hydroxyl groups excluding tert-OH is 2. The molecule has 2 unspecified atom stereocenters. The van der Waals surface area contributed by atoms with Crippen molar-refractivity contribution in [2.75, 3.05) is 6.54 Å². The quantitative estimate of drug-likeness (QED) is 0.722. The molecule has 1 amide bonds. The van der Waals surface area contributed by atoms with Gasteiger partial charge in [-0.2, -0.15) is 0 Å². The van der Waals surface area contributed by atoms with Crippen LogP contribution in [0.2, 0.25) is 0 Å². The molecule has 2 atom stereocenters. The maximum Gasteiger partial charge on any atom is 0.407 e. The molecule has 0 radical (unpaired) electrons. The Morgan fingerprint density at radius 2 is 1.74 bits per heavy atom. The Bertz CT molecular complexity index is 560. The third kappa shape index (κ3) is 6.07. The highest BCUT2D eigenvalue weighted by Crippen LogP contribution is 2.24. The van der Waals surface area contributed by atoms with Crippen LogP contribution in [-0.2, 0) is 4.74 Å². The number of alkyl carbamates (subject to hydrolysis) is 1. The third-order valence-corrected chi connectivity index (χ3v) is 2.83. The van der Waals surface area contributed by atoms with E-state index in [1.54, 1.807) is 20.8 Å². The van der Waals surface area contributed by atoms with E-state index in [9.17, 15) is 28.2 Å². The first-order valence-electron chi connectivity index (χ1n) is 6.98. The lowest BCUT2D eigenvalue weighted by atomic mass is 10.0. The number of hydrogen-bond acceptors (Lipinski definition) is 4. The van der Waals surface area contributed by atoms with Crippen molar-refractivity contribution in [1.29, 1.82) is 0 Å². The molecular weight excluding hydrogens is 315 g/mol. The van der Waals surface area contributed by atoms with Crippen molar-refractivity contribution in [2.45, 2.75) is 45.0 Å². The summed E-state index contributed by atoms with van der Waals surface area (Å²) in [6.07, 6.45) is -4.09. The highest BCUT2D eigenvalue weighted by Gasteiger charge is 2.24. The van der Waals surface area contributed by atoms with Gasteiger partial charge in [0, 0.05) is 18.2 Å². The fourth-order valence-corrected chi connectivity index (χ4v) is 1.77. The van der Waals surface area contributed by atoms with Crippen LogP contribution < -0.4 is 5.32 Å². The van der Waals surface area contributed by atoms with Gasteiger partial charge in [-0.15, -0.1) is 0 Å². The van der Waals surface area contributed by atoms with Gasteiger partial charge in [-0.25, -0.2) is 18.0 Å². The monoisotopic (exact) mass is 335 g/mol. The lowest BCUT2D eigenvalue weighted by Gasteiger charge is -2.21. The molecule has 130 valence electrons. The van der Waals surface area contributed by atoms with E-state index in [0.717, 1.165) is 0 Å². The molecule has 0 saturated carbocycles. The summed E-state index contributed by atoms with van der Waals surface area (Å²) >= 11 is 0. The Balaban J connectivity index is 2.57. The normalized spacial score (nSPS) is 14.3. The second kappa shape index (κ2) is 7.65. The van der Waals surface area contributed by atoms with Gasteiger partial charge in [-0.05, 0) is 33.3 Å². The van der Waals surface area contributed by atoms with Crippen LogP contribution in [0.15, 0.2) is 12.1 Å². The van der Waals surface area contributed by atoms with E-state index >= 15 is 0 Å². The molecule has 23 heavy (non-hydrogen) atoms.